The van der Waals surface area contributed by atoms with E-state index in [0.29, 0.717) is 25.7 Å². The summed E-state index contributed by atoms with van der Waals surface area (Å²) in [6, 6.07) is 12.6. The molecule has 2 fully saturated rings. The molecule has 0 unspecified atom stereocenters. The standard InChI is InChI=1S/C30H44N2O4/c1-23-27(7-3-9-29(23)35-19-5-14-31-16-11-25(22-33)12-17-31)28-8-4-10-30(24(28)2)36-20-6-15-32-18-13-26(34)21-32/h3-4,7-10,25-26,33-34H,5-6,11-22H2,1-2H3/t26-/m1/s1. The van der Waals surface area contributed by atoms with Crippen molar-refractivity contribution in [3.05, 3.63) is 47.5 Å². The molecule has 6 nitrogen and oxygen atoms in total. The molecule has 0 amide bonds. The van der Waals surface area contributed by atoms with Crippen LogP contribution in [0, 0.1) is 19.8 Å². The lowest BCUT2D eigenvalue weighted by molar-refractivity contribution is 0.126. The number of aliphatic hydroxyl groups is 2. The van der Waals surface area contributed by atoms with Crippen LogP contribution >= 0.6 is 0 Å². The van der Waals surface area contributed by atoms with Crippen LogP contribution in [0.25, 0.3) is 11.1 Å². The van der Waals surface area contributed by atoms with Crippen LogP contribution in [-0.4, -0.2) is 85.2 Å². The first kappa shape index (κ1) is 26.9. The zero-order valence-electron chi connectivity index (χ0n) is 22.1. The fraction of sp³-hybridized carbons (Fsp3) is 0.600. The highest BCUT2D eigenvalue weighted by Gasteiger charge is 2.20. The highest BCUT2D eigenvalue weighted by molar-refractivity contribution is 5.74. The Balaban J connectivity index is 1.29. The third kappa shape index (κ3) is 7.22. The molecule has 2 heterocycles. The molecule has 0 radical (unpaired) electrons. The molecule has 0 aliphatic carbocycles. The van der Waals surface area contributed by atoms with Crippen molar-refractivity contribution in [3.8, 4) is 22.6 Å². The van der Waals surface area contributed by atoms with E-state index < -0.39 is 0 Å². The van der Waals surface area contributed by atoms with Crippen molar-refractivity contribution in [2.24, 2.45) is 5.92 Å². The lowest BCUT2D eigenvalue weighted by Crippen LogP contribution is -2.35. The summed E-state index contributed by atoms with van der Waals surface area (Å²) < 4.78 is 12.4. The van der Waals surface area contributed by atoms with Crippen molar-refractivity contribution in [1.82, 2.24) is 9.80 Å². The minimum atomic E-state index is -0.164. The van der Waals surface area contributed by atoms with Gasteiger partial charge < -0.3 is 29.5 Å². The van der Waals surface area contributed by atoms with Gasteiger partial charge in [-0.15, -0.1) is 0 Å². The summed E-state index contributed by atoms with van der Waals surface area (Å²) in [6.07, 6.45) is 4.88. The Kier molecular flexibility index (Phi) is 10.0. The van der Waals surface area contributed by atoms with Crippen LogP contribution in [0.5, 0.6) is 11.5 Å². The number of likely N-dealkylation sites (tertiary alicyclic amines) is 2. The molecule has 1 atom stereocenters. The average Bonchev–Trinajstić information content (AvgIpc) is 3.31. The molecule has 2 aliphatic rings. The first-order chi connectivity index (χ1) is 17.5. The summed E-state index contributed by atoms with van der Waals surface area (Å²) in [4.78, 5) is 4.80. The maximum absolute atomic E-state index is 9.69. The predicted molar refractivity (Wildman–Crippen MR) is 145 cm³/mol. The van der Waals surface area contributed by atoms with E-state index in [1.54, 1.807) is 0 Å². The van der Waals surface area contributed by atoms with Crippen molar-refractivity contribution in [3.63, 3.8) is 0 Å². The zero-order chi connectivity index (χ0) is 25.3. The molecular formula is C30H44N2O4. The van der Waals surface area contributed by atoms with Crippen molar-refractivity contribution in [2.45, 2.75) is 52.1 Å². The fourth-order valence-corrected chi connectivity index (χ4v) is 5.47. The van der Waals surface area contributed by atoms with Crippen LogP contribution in [0.2, 0.25) is 0 Å². The summed E-state index contributed by atoms with van der Waals surface area (Å²) in [6.45, 7) is 11.9. The van der Waals surface area contributed by atoms with Gasteiger partial charge in [-0.05, 0) is 99.3 Å². The number of aliphatic hydroxyl groups excluding tert-OH is 2. The summed E-state index contributed by atoms with van der Waals surface area (Å²) in [5.74, 6) is 2.37. The second-order valence-corrected chi connectivity index (χ2v) is 10.5. The SMILES string of the molecule is Cc1c(OCCCN2CCC(CO)CC2)cccc1-c1cccc(OCCCN2CC[C@@H](O)C2)c1C. The van der Waals surface area contributed by atoms with Crippen molar-refractivity contribution >= 4 is 0 Å². The van der Waals surface area contributed by atoms with E-state index in [9.17, 15) is 10.2 Å². The topological polar surface area (TPSA) is 65.4 Å². The van der Waals surface area contributed by atoms with Gasteiger partial charge in [-0.3, -0.25) is 0 Å². The van der Waals surface area contributed by atoms with Crippen LogP contribution in [0.4, 0.5) is 0 Å². The van der Waals surface area contributed by atoms with Gasteiger partial charge in [-0.1, -0.05) is 24.3 Å². The molecular weight excluding hydrogens is 452 g/mol. The molecule has 2 aromatic rings. The van der Waals surface area contributed by atoms with Crippen molar-refractivity contribution < 1.29 is 19.7 Å². The van der Waals surface area contributed by atoms with Gasteiger partial charge in [-0.2, -0.15) is 0 Å². The van der Waals surface area contributed by atoms with Crippen LogP contribution in [-0.2, 0) is 0 Å². The minimum absolute atomic E-state index is 0.164. The van der Waals surface area contributed by atoms with Crippen LogP contribution in [0.3, 0.4) is 0 Å². The third-order valence-corrected chi connectivity index (χ3v) is 7.82. The Hall–Kier alpha value is -2.12. The lowest BCUT2D eigenvalue weighted by Gasteiger charge is -2.30. The van der Waals surface area contributed by atoms with Gasteiger partial charge in [0.2, 0.25) is 0 Å². The van der Waals surface area contributed by atoms with E-state index in [2.05, 4.69) is 60.0 Å². The van der Waals surface area contributed by atoms with Crippen molar-refractivity contribution in [1.29, 1.82) is 0 Å². The minimum Gasteiger partial charge on any atom is -0.493 e. The largest absolute Gasteiger partial charge is 0.493 e. The predicted octanol–water partition coefficient (Wildman–Crippen LogP) is 4.28. The van der Waals surface area contributed by atoms with Gasteiger partial charge in [0.25, 0.3) is 0 Å². The number of ether oxygens (including phenoxy) is 2. The molecule has 2 saturated heterocycles. The van der Waals surface area contributed by atoms with Crippen LogP contribution < -0.4 is 9.47 Å². The summed E-state index contributed by atoms with van der Waals surface area (Å²) in [5, 5.41) is 19.0. The number of nitrogens with zero attached hydrogens (tertiary/aromatic N) is 2. The number of hydrogen-bond donors (Lipinski definition) is 2. The quantitative estimate of drug-likeness (QED) is 0.428. The molecule has 0 bridgehead atoms. The second-order valence-electron chi connectivity index (χ2n) is 10.5. The van der Waals surface area contributed by atoms with Gasteiger partial charge in [-0.25, -0.2) is 0 Å². The van der Waals surface area contributed by atoms with Gasteiger partial charge >= 0.3 is 0 Å². The van der Waals surface area contributed by atoms with E-state index in [1.165, 1.54) is 11.1 Å². The fourth-order valence-electron chi connectivity index (χ4n) is 5.47. The number of rotatable bonds is 12. The average molecular weight is 497 g/mol. The summed E-state index contributed by atoms with van der Waals surface area (Å²) >= 11 is 0. The zero-order valence-corrected chi connectivity index (χ0v) is 22.1. The number of β-amino-alcohol motifs (C(OH)–C–C–N with tert-alkyl or cyclic N) is 1. The highest BCUT2D eigenvalue weighted by atomic mass is 16.5. The van der Waals surface area contributed by atoms with E-state index in [1.807, 2.05) is 0 Å². The van der Waals surface area contributed by atoms with Crippen LogP contribution in [0.15, 0.2) is 36.4 Å². The smallest absolute Gasteiger partial charge is 0.122 e. The summed E-state index contributed by atoms with van der Waals surface area (Å²) in [7, 11) is 0. The maximum atomic E-state index is 9.69. The number of hydrogen-bond acceptors (Lipinski definition) is 6. The molecule has 0 aromatic heterocycles. The van der Waals surface area contributed by atoms with Gasteiger partial charge in [0.15, 0.2) is 0 Å². The van der Waals surface area contributed by atoms with E-state index in [0.717, 1.165) is 94.0 Å². The second kappa shape index (κ2) is 13.4. The lowest BCUT2D eigenvalue weighted by atomic mass is 9.95. The third-order valence-electron chi connectivity index (χ3n) is 7.82. The Morgan fingerprint density at radius 1 is 0.778 bits per heavy atom. The van der Waals surface area contributed by atoms with Gasteiger partial charge in [0, 0.05) is 32.8 Å². The van der Waals surface area contributed by atoms with E-state index >= 15 is 0 Å². The Morgan fingerprint density at radius 2 is 1.31 bits per heavy atom. The highest BCUT2D eigenvalue weighted by Crippen LogP contribution is 2.35. The molecule has 0 spiro atoms. The summed E-state index contributed by atoms with van der Waals surface area (Å²) in [5.41, 5.74) is 4.69. The monoisotopic (exact) mass is 496 g/mol. The number of piperidine rings is 1. The molecule has 4 rings (SSSR count). The molecule has 198 valence electrons. The van der Waals surface area contributed by atoms with E-state index in [-0.39, 0.29) is 6.10 Å². The molecule has 36 heavy (non-hydrogen) atoms. The Bertz CT molecular complexity index is 958. The number of benzene rings is 2. The molecule has 2 aromatic carbocycles. The Morgan fingerprint density at radius 3 is 1.81 bits per heavy atom. The van der Waals surface area contributed by atoms with Crippen LogP contribution in [0.1, 0.15) is 43.2 Å². The van der Waals surface area contributed by atoms with E-state index in [4.69, 9.17) is 9.47 Å². The molecule has 2 N–H and O–H groups in total. The molecule has 6 heteroatoms. The van der Waals surface area contributed by atoms with Crippen molar-refractivity contribution in [2.75, 3.05) is 59.1 Å². The maximum Gasteiger partial charge on any atom is 0.122 e. The first-order valence-corrected chi connectivity index (χ1v) is 13.7. The Labute approximate surface area is 216 Å². The molecule has 2 aliphatic heterocycles. The molecule has 0 saturated carbocycles. The first-order valence-electron chi connectivity index (χ1n) is 13.7. The normalized spacial score (nSPS) is 19.6. The van der Waals surface area contributed by atoms with Gasteiger partial charge in [0.1, 0.15) is 11.5 Å². The van der Waals surface area contributed by atoms with Gasteiger partial charge in [0.05, 0.1) is 19.3 Å².